The molecule has 3 aromatic rings. The molecule has 0 spiro atoms. The average Bonchev–Trinajstić information content (AvgIpc) is 3.68. The van der Waals surface area contributed by atoms with Crippen molar-refractivity contribution in [3.8, 4) is 5.75 Å². The monoisotopic (exact) mass is 720 g/mol. The molecule has 2 unspecified atom stereocenters. The minimum atomic E-state index is -5.81. The quantitative estimate of drug-likeness (QED) is 0.196. The van der Waals surface area contributed by atoms with Gasteiger partial charge in [-0.25, -0.2) is 0 Å². The molecule has 17 heteroatoms. The summed E-state index contributed by atoms with van der Waals surface area (Å²) < 4.78 is 45.8. The number of hydrogen-bond donors (Lipinski definition) is 5. The predicted molar refractivity (Wildman–Crippen MR) is 181 cm³/mol. The third kappa shape index (κ3) is 7.85. The van der Waals surface area contributed by atoms with Gasteiger partial charge in [0.1, 0.15) is 24.3 Å². The maximum absolute atomic E-state index is 14.4. The number of amides is 3. The smallest absolute Gasteiger partial charge is 0.399 e. The summed E-state index contributed by atoms with van der Waals surface area (Å²) in [7, 11) is -0.252. The van der Waals surface area contributed by atoms with Crippen molar-refractivity contribution in [1.29, 1.82) is 0 Å². The fourth-order valence-electron chi connectivity index (χ4n) is 6.51. The summed E-state index contributed by atoms with van der Waals surface area (Å²) in [5, 5.41) is 14.7. The number of carbonyl (C=O) groups is 3. The van der Waals surface area contributed by atoms with Crippen molar-refractivity contribution in [1.82, 2.24) is 25.0 Å². The van der Waals surface area contributed by atoms with Crippen LogP contribution in [0.4, 0.5) is 14.5 Å². The molecular formula is C33H43F2N6O8P. The number of halogens is 2. The lowest BCUT2D eigenvalue weighted by molar-refractivity contribution is -0.137. The van der Waals surface area contributed by atoms with Crippen molar-refractivity contribution in [3.63, 3.8) is 0 Å². The standard InChI is InChI=1S/C33H43F2N6O8P/c1-20(42)40-14-13-24-8-12-29(32(45)39(4)23-6-9-25(10-7-23)49-16-15-38(2)3)41(24)31(44)28(19-40)37-30(43)27-18-21-17-22(5-11-26(21)36-27)33(34,35)50(46,47)48/h5-7,9-11,17-18,24,28-29,31,36,44H,8,12-16,19H2,1-4H3,(H,37,43)(H2,46,47,48)/t24-,28?,29+,31?/m1/s1. The summed E-state index contributed by atoms with van der Waals surface area (Å²) in [5.41, 5.74) is -4.53. The van der Waals surface area contributed by atoms with E-state index >= 15 is 0 Å². The number of ether oxygens (including phenoxy) is 1. The van der Waals surface area contributed by atoms with Crippen LogP contribution in [0.1, 0.15) is 42.2 Å². The van der Waals surface area contributed by atoms with Crippen LogP contribution in [-0.2, 0) is 19.8 Å². The van der Waals surface area contributed by atoms with Gasteiger partial charge in [-0.05, 0) is 75.8 Å². The first-order valence-corrected chi connectivity index (χ1v) is 17.8. The highest BCUT2D eigenvalue weighted by molar-refractivity contribution is 7.52. The van der Waals surface area contributed by atoms with E-state index < -0.39 is 43.0 Å². The molecule has 5 rings (SSSR count). The zero-order valence-corrected chi connectivity index (χ0v) is 29.1. The SMILES string of the molecule is CC(=O)N1CC[C@H]2CC[C@@H](C(=O)N(C)c3ccc(OCCN(C)C)cc3)N2C(O)C(NC(=O)c2cc3cc(C(F)(F)P(=O)(O)O)ccc3[nH]2)C1. The highest BCUT2D eigenvalue weighted by Crippen LogP contribution is 2.59. The van der Waals surface area contributed by atoms with Gasteiger partial charge in [-0.3, -0.25) is 23.8 Å². The van der Waals surface area contributed by atoms with E-state index in [4.69, 9.17) is 14.5 Å². The third-order valence-corrected chi connectivity index (χ3v) is 10.3. The number of aliphatic hydroxyl groups excluding tert-OH is 1. The summed E-state index contributed by atoms with van der Waals surface area (Å²) in [6, 6.07) is 9.28. The first-order chi connectivity index (χ1) is 23.5. The van der Waals surface area contributed by atoms with Gasteiger partial charge in [0.2, 0.25) is 11.8 Å². The van der Waals surface area contributed by atoms with Crippen LogP contribution in [0.2, 0.25) is 0 Å². The molecule has 3 amide bonds. The van der Waals surface area contributed by atoms with Crippen LogP contribution in [0.5, 0.6) is 5.75 Å². The number of likely N-dealkylation sites (N-methyl/N-ethyl adjacent to an activating group) is 2. The molecule has 1 aromatic heterocycles. The van der Waals surface area contributed by atoms with E-state index in [-0.39, 0.29) is 41.0 Å². The maximum atomic E-state index is 14.4. The van der Waals surface area contributed by atoms with Crippen LogP contribution < -0.4 is 15.0 Å². The molecule has 2 aromatic carbocycles. The number of aliphatic hydroxyl groups is 1. The molecule has 2 fully saturated rings. The number of aromatic amines is 1. The van der Waals surface area contributed by atoms with E-state index in [0.29, 0.717) is 43.9 Å². The van der Waals surface area contributed by atoms with Gasteiger partial charge in [-0.2, -0.15) is 8.78 Å². The van der Waals surface area contributed by atoms with Gasteiger partial charge in [0.25, 0.3) is 5.91 Å². The maximum Gasteiger partial charge on any atom is 0.399 e. The Morgan fingerprint density at radius 3 is 2.40 bits per heavy atom. The molecule has 50 heavy (non-hydrogen) atoms. The second kappa shape index (κ2) is 14.7. The van der Waals surface area contributed by atoms with Gasteiger partial charge in [0.05, 0.1) is 12.1 Å². The number of nitrogens with one attached hydrogen (secondary N) is 2. The number of anilines is 1. The van der Waals surface area contributed by atoms with Crippen LogP contribution in [0.3, 0.4) is 0 Å². The van der Waals surface area contributed by atoms with Crippen LogP contribution >= 0.6 is 7.60 Å². The molecule has 14 nitrogen and oxygen atoms in total. The third-order valence-electron chi connectivity index (χ3n) is 9.36. The summed E-state index contributed by atoms with van der Waals surface area (Å²) in [5.74, 6) is -0.560. The molecular weight excluding hydrogens is 677 g/mol. The normalized spacial score (nSPS) is 21.8. The molecule has 0 aliphatic carbocycles. The summed E-state index contributed by atoms with van der Waals surface area (Å²) in [4.78, 5) is 67.8. The number of nitrogens with zero attached hydrogens (tertiary/aromatic N) is 4. The van der Waals surface area contributed by atoms with Crippen LogP contribution in [-0.4, -0.2) is 124 Å². The van der Waals surface area contributed by atoms with Crippen molar-refractivity contribution >= 4 is 41.9 Å². The summed E-state index contributed by atoms with van der Waals surface area (Å²) in [6.45, 7) is 2.93. The fraction of sp³-hybridized carbons (Fsp3) is 0.485. The van der Waals surface area contributed by atoms with E-state index in [1.54, 1.807) is 36.2 Å². The molecule has 2 aliphatic heterocycles. The van der Waals surface area contributed by atoms with Gasteiger partial charge in [0.15, 0.2) is 0 Å². The zero-order valence-electron chi connectivity index (χ0n) is 28.3. The molecule has 3 heterocycles. The second-order valence-electron chi connectivity index (χ2n) is 13.1. The van der Waals surface area contributed by atoms with E-state index in [1.807, 2.05) is 19.0 Å². The van der Waals surface area contributed by atoms with Gasteiger partial charge < -0.3 is 44.6 Å². The molecule has 5 N–H and O–H groups in total. The van der Waals surface area contributed by atoms with E-state index in [1.165, 1.54) is 28.9 Å². The zero-order chi connectivity index (χ0) is 36.5. The highest BCUT2D eigenvalue weighted by atomic mass is 31.2. The lowest BCUT2D eigenvalue weighted by Crippen LogP contribution is -2.63. The Morgan fingerprint density at radius 1 is 1.06 bits per heavy atom. The number of benzene rings is 2. The Hall–Kier alpha value is -3.92. The van der Waals surface area contributed by atoms with Crippen LogP contribution in [0.15, 0.2) is 48.5 Å². The van der Waals surface area contributed by atoms with Gasteiger partial charge >= 0.3 is 13.3 Å². The minimum absolute atomic E-state index is 0.0591. The Kier molecular flexibility index (Phi) is 11.0. The summed E-state index contributed by atoms with van der Waals surface area (Å²) >= 11 is 0. The number of rotatable bonds is 10. The van der Waals surface area contributed by atoms with Crippen molar-refractivity contribution in [2.75, 3.05) is 52.3 Å². The molecule has 0 saturated carbocycles. The Morgan fingerprint density at radius 2 is 1.76 bits per heavy atom. The van der Waals surface area contributed by atoms with Crippen LogP contribution in [0, 0.1) is 0 Å². The second-order valence-corrected chi connectivity index (χ2v) is 14.7. The Balaban J connectivity index is 1.35. The van der Waals surface area contributed by atoms with Gasteiger partial charge in [-0.15, -0.1) is 0 Å². The fourth-order valence-corrected chi connectivity index (χ4v) is 6.98. The average molecular weight is 721 g/mol. The van der Waals surface area contributed by atoms with E-state index in [0.717, 1.165) is 18.7 Å². The molecule has 272 valence electrons. The highest BCUT2D eigenvalue weighted by Gasteiger charge is 2.50. The van der Waals surface area contributed by atoms with Crippen molar-refractivity contribution in [3.05, 3.63) is 59.8 Å². The van der Waals surface area contributed by atoms with E-state index in [9.17, 15) is 32.8 Å². The molecule has 0 radical (unpaired) electrons. The summed E-state index contributed by atoms with van der Waals surface area (Å²) in [6.07, 6.45) is 0.158. The molecule has 4 atom stereocenters. The number of alkyl halides is 2. The lowest BCUT2D eigenvalue weighted by Gasteiger charge is -2.43. The van der Waals surface area contributed by atoms with Gasteiger partial charge in [-0.1, -0.05) is 6.07 Å². The first-order valence-electron chi connectivity index (χ1n) is 16.2. The van der Waals surface area contributed by atoms with Gasteiger partial charge in [0, 0.05) is 61.8 Å². The minimum Gasteiger partial charge on any atom is -0.492 e. The number of fused-ring (bicyclic) bond motifs is 2. The molecule has 2 aliphatic rings. The Labute approximate surface area is 288 Å². The number of hydrogen-bond acceptors (Lipinski definition) is 8. The number of carbonyl (C=O) groups excluding carboxylic acids is 3. The van der Waals surface area contributed by atoms with E-state index in [2.05, 4.69) is 10.3 Å². The topological polar surface area (TPSA) is 179 Å². The largest absolute Gasteiger partial charge is 0.492 e. The predicted octanol–water partition coefficient (Wildman–Crippen LogP) is 2.50. The first kappa shape index (κ1) is 37.3. The van der Waals surface area contributed by atoms with Crippen LogP contribution in [0.25, 0.3) is 10.9 Å². The molecule has 0 bridgehead atoms. The Bertz CT molecular complexity index is 1770. The van der Waals surface area contributed by atoms with Crippen molar-refractivity contribution < 1.29 is 47.4 Å². The van der Waals surface area contributed by atoms with Crippen molar-refractivity contribution in [2.24, 2.45) is 0 Å². The van der Waals surface area contributed by atoms with Crippen molar-refractivity contribution in [2.45, 2.75) is 56.2 Å². The lowest BCUT2D eigenvalue weighted by atomic mass is 10.1. The molecule has 2 saturated heterocycles. The number of aromatic nitrogens is 1. The number of H-pyrrole nitrogens is 1.